The lowest BCUT2D eigenvalue weighted by molar-refractivity contribution is -0.0520. The van der Waals surface area contributed by atoms with Crippen molar-refractivity contribution in [3.05, 3.63) is 47.7 Å². The van der Waals surface area contributed by atoms with Crippen molar-refractivity contribution in [3.63, 3.8) is 0 Å². The number of nitrogens with one attached hydrogen (secondary N) is 2. The van der Waals surface area contributed by atoms with Crippen molar-refractivity contribution >= 4 is 35.8 Å². The molecule has 2 aromatic rings. The molecule has 1 heterocycles. The molecule has 0 saturated heterocycles. The Hall–Kier alpha value is -2.37. The number of nitrogens with zero attached hydrogens (tertiary/aromatic N) is 3. The summed E-state index contributed by atoms with van der Waals surface area (Å²) in [6.45, 7) is 5.94. The minimum atomic E-state index is -2.94. The maximum atomic E-state index is 12.9. The Morgan fingerprint density at radius 2 is 1.81 bits per heavy atom. The van der Waals surface area contributed by atoms with Gasteiger partial charge in [-0.25, -0.2) is 4.98 Å². The molecule has 0 spiro atoms. The molecule has 0 bridgehead atoms. The molecular weight excluding hydrogens is 531 g/mol. The van der Waals surface area contributed by atoms with Crippen LogP contribution >= 0.6 is 24.0 Å². The monoisotopic (exact) mass is 563 g/mol. The zero-order chi connectivity index (χ0) is 22.6. The van der Waals surface area contributed by atoms with Crippen LogP contribution in [0.5, 0.6) is 11.5 Å². The van der Waals surface area contributed by atoms with Crippen molar-refractivity contribution in [1.82, 2.24) is 15.6 Å². The Morgan fingerprint density at radius 3 is 2.38 bits per heavy atom. The van der Waals surface area contributed by atoms with Gasteiger partial charge in [-0.2, -0.15) is 8.78 Å². The zero-order valence-corrected chi connectivity index (χ0v) is 21.2. The Kier molecular flexibility index (Phi) is 12.7. The fourth-order valence-electron chi connectivity index (χ4n) is 3.03. The number of aliphatic imine (C=N–C) groups is 1. The van der Waals surface area contributed by atoms with Gasteiger partial charge in [-0.05, 0) is 38.5 Å². The molecule has 0 fully saturated rings. The first-order chi connectivity index (χ1) is 15.0. The summed E-state index contributed by atoms with van der Waals surface area (Å²) in [5.41, 5.74) is 1.54. The van der Waals surface area contributed by atoms with Crippen LogP contribution in [0.2, 0.25) is 0 Å². The predicted octanol–water partition coefficient (Wildman–Crippen LogP) is 4.41. The first-order valence-corrected chi connectivity index (χ1v) is 10.4. The van der Waals surface area contributed by atoms with Crippen LogP contribution in [-0.4, -0.2) is 44.3 Å². The lowest BCUT2D eigenvalue weighted by Gasteiger charge is -2.20. The quantitative estimate of drug-likeness (QED) is 0.240. The summed E-state index contributed by atoms with van der Waals surface area (Å²) in [5, 5.41) is 6.31. The van der Waals surface area contributed by atoms with Gasteiger partial charge in [0.25, 0.3) is 0 Å². The van der Waals surface area contributed by atoms with Crippen LogP contribution in [0.3, 0.4) is 0 Å². The van der Waals surface area contributed by atoms with Crippen LogP contribution in [-0.2, 0) is 13.1 Å². The molecule has 0 aliphatic carbocycles. The molecule has 0 atom stereocenters. The van der Waals surface area contributed by atoms with Crippen LogP contribution in [0.25, 0.3) is 0 Å². The number of ether oxygens (including phenoxy) is 2. The van der Waals surface area contributed by atoms with E-state index in [4.69, 9.17) is 9.47 Å². The molecule has 178 valence electrons. The summed E-state index contributed by atoms with van der Waals surface area (Å²) in [5.74, 6) is 1.78. The van der Waals surface area contributed by atoms with Gasteiger partial charge in [0, 0.05) is 45.0 Å². The standard InChI is InChI=1S/C22H31F2N5O2.HI/c1-5-29(6-2)19-12-11-16(13-26-19)14-27-22(25-4)28-15-17-9-8-10-18(30-7-3)20(17)31-21(23)24;/h8-13,21H,5-7,14-15H2,1-4H3,(H2,25,27,28);1H. The van der Waals surface area contributed by atoms with E-state index >= 15 is 0 Å². The lowest BCUT2D eigenvalue weighted by Crippen LogP contribution is -2.36. The Balaban J connectivity index is 0.00000512. The maximum absolute atomic E-state index is 12.9. The van der Waals surface area contributed by atoms with Gasteiger partial charge < -0.3 is 25.0 Å². The number of hydrogen-bond donors (Lipinski definition) is 2. The van der Waals surface area contributed by atoms with E-state index in [1.165, 1.54) is 0 Å². The first kappa shape index (κ1) is 27.7. The van der Waals surface area contributed by atoms with E-state index in [-0.39, 0.29) is 42.0 Å². The zero-order valence-electron chi connectivity index (χ0n) is 18.9. The van der Waals surface area contributed by atoms with Gasteiger partial charge in [-0.1, -0.05) is 18.2 Å². The fraction of sp³-hybridized carbons (Fsp3) is 0.455. The summed E-state index contributed by atoms with van der Waals surface area (Å²) in [4.78, 5) is 10.9. The molecule has 2 N–H and O–H groups in total. The molecule has 32 heavy (non-hydrogen) atoms. The van der Waals surface area contributed by atoms with E-state index in [2.05, 4.69) is 39.4 Å². The Bertz CT molecular complexity index is 834. The number of benzene rings is 1. The van der Waals surface area contributed by atoms with Crippen LogP contribution < -0.4 is 25.0 Å². The molecule has 0 aliphatic heterocycles. The molecule has 0 amide bonds. The average Bonchev–Trinajstić information content (AvgIpc) is 2.77. The minimum absolute atomic E-state index is 0. The summed E-state index contributed by atoms with van der Waals surface area (Å²) in [7, 11) is 1.64. The molecular formula is C22H32F2IN5O2. The predicted molar refractivity (Wildman–Crippen MR) is 134 cm³/mol. The molecule has 10 heteroatoms. The van der Waals surface area contributed by atoms with E-state index in [0.29, 0.717) is 24.7 Å². The van der Waals surface area contributed by atoms with Crippen molar-refractivity contribution in [3.8, 4) is 11.5 Å². The molecule has 1 aromatic carbocycles. The summed E-state index contributed by atoms with van der Waals surface area (Å²) in [6, 6.07) is 9.05. The second kappa shape index (κ2) is 14.6. The number of alkyl halides is 2. The van der Waals surface area contributed by atoms with Crippen molar-refractivity contribution in [1.29, 1.82) is 0 Å². The third kappa shape index (κ3) is 8.29. The van der Waals surface area contributed by atoms with E-state index in [1.807, 2.05) is 18.3 Å². The molecule has 7 nitrogen and oxygen atoms in total. The number of anilines is 1. The second-order valence-corrected chi connectivity index (χ2v) is 6.53. The van der Waals surface area contributed by atoms with Crippen molar-refractivity contribution in [2.45, 2.75) is 40.5 Å². The van der Waals surface area contributed by atoms with Gasteiger partial charge >= 0.3 is 6.61 Å². The molecule has 0 radical (unpaired) electrons. The number of guanidine groups is 1. The van der Waals surface area contributed by atoms with Crippen LogP contribution in [0.15, 0.2) is 41.5 Å². The first-order valence-electron chi connectivity index (χ1n) is 10.4. The summed E-state index contributed by atoms with van der Waals surface area (Å²) < 4.78 is 35.9. The number of para-hydroxylation sites is 1. The van der Waals surface area contributed by atoms with Crippen molar-refractivity contribution in [2.75, 3.05) is 31.6 Å². The number of pyridine rings is 1. The SMILES string of the molecule is CCOc1cccc(CNC(=NC)NCc2ccc(N(CC)CC)nc2)c1OC(F)F.I. The largest absolute Gasteiger partial charge is 0.490 e. The number of rotatable bonds is 11. The highest BCUT2D eigenvalue weighted by Gasteiger charge is 2.16. The highest BCUT2D eigenvalue weighted by molar-refractivity contribution is 14.0. The third-order valence-electron chi connectivity index (χ3n) is 4.59. The topological polar surface area (TPSA) is 71.0 Å². The van der Waals surface area contributed by atoms with Crippen LogP contribution in [0.4, 0.5) is 14.6 Å². The molecule has 2 rings (SSSR count). The second-order valence-electron chi connectivity index (χ2n) is 6.53. The number of hydrogen-bond acceptors (Lipinski definition) is 5. The van der Waals surface area contributed by atoms with E-state index in [9.17, 15) is 8.78 Å². The van der Waals surface area contributed by atoms with E-state index in [0.717, 1.165) is 24.5 Å². The Labute approximate surface area is 205 Å². The van der Waals surface area contributed by atoms with Gasteiger partial charge in [0.1, 0.15) is 5.82 Å². The molecule has 0 saturated carbocycles. The Morgan fingerprint density at radius 1 is 1.09 bits per heavy atom. The number of aromatic nitrogens is 1. The normalized spacial score (nSPS) is 11.0. The highest BCUT2D eigenvalue weighted by Crippen LogP contribution is 2.32. The molecule has 0 unspecified atom stereocenters. The fourth-order valence-corrected chi connectivity index (χ4v) is 3.03. The van der Waals surface area contributed by atoms with Gasteiger partial charge in [0.2, 0.25) is 0 Å². The third-order valence-corrected chi connectivity index (χ3v) is 4.59. The maximum Gasteiger partial charge on any atom is 0.387 e. The van der Waals surface area contributed by atoms with E-state index in [1.54, 1.807) is 32.2 Å². The lowest BCUT2D eigenvalue weighted by atomic mass is 10.2. The summed E-state index contributed by atoms with van der Waals surface area (Å²) in [6.07, 6.45) is 1.83. The van der Waals surface area contributed by atoms with Gasteiger partial charge in [-0.15, -0.1) is 24.0 Å². The van der Waals surface area contributed by atoms with Gasteiger partial charge in [0.05, 0.1) is 6.61 Å². The minimum Gasteiger partial charge on any atom is -0.490 e. The van der Waals surface area contributed by atoms with Crippen LogP contribution in [0, 0.1) is 0 Å². The average molecular weight is 563 g/mol. The van der Waals surface area contributed by atoms with Gasteiger partial charge in [-0.3, -0.25) is 4.99 Å². The number of halogens is 3. The summed E-state index contributed by atoms with van der Waals surface area (Å²) >= 11 is 0. The van der Waals surface area contributed by atoms with Crippen molar-refractivity contribution in [2.24, 2.45) is 4.99 Å². The highest BCUT2D eigenvalue weighted by atomic mass is 127. The van der Waals surface area contributed by atoms with Crippen molar-refractivity contribution < 1.29 is 18.3 Å². The smallest absolute Gasteiger partial charge is 0.387 e. The molecule has 1 aromatic heterocycles. The van der Waals surface area contributed by atoms with Gasteiger partial charge in [0.15, 0.2) is 17.5 Å². The van der Waals surface area contributed by atoms with E-state index < -0.39 is 6.61 Å². The molecule has 0 aliphatic rings. The van der Waals surface area contributed by atoms with Crippen LogP contribution in [0.1, 0.15) is 31.9 Å².